The van der Waals surface area contributed by atoms with Crippen molar-refractivity contribution in [3.63, 3.8) is 0 Å². The Morgan fingerprint density at radius 3 is 2.88 bits per heavy atom. The summed E-state index contributed by atoms with van der Waals surface area (Å²) in [5, 5.41) is 7.26. The number of anilines is 1. The van der Waals surface area contributed by atoms with Crippen LogP contribution in [0.5, 0.6) is 11.5 Å². The van der Waals surface area contributed by atoms with Gasteiger partial charge in [-0.2, -0.15) is 0 Å². The zero-order valence-electron chi connectivity index (χ0n) is 17.1. The Labute approximate surface area is 187 Å². The maximum atomic E-state index is 12.4. The Hall–Kier alpha value is -3.37. The van der Waals surface area contributed by atoms with Gasteiger partial charge in [0.05, 0.1) is 12.2 Å². The minimum atomic E-state index is -0.515. The van der Waals surface area contributed by atoms with E-state index in [2.05, 4.69) is 10.5 Å². The van der Waals surface area contributed by atoms with Crippen molar-refractivity contribution in [1.29, 1.82) is 0 Å². The molecule has 1 aliphatic heterocycles. The normalized spacial score (nSPS) is 14.2. The first kappa shape index (κ1) is 20.5. The number of benzene rings is 1. The van der Waals surface area contributed by atoms with Crippen molar-refractivity contribution in [2.45, 2.75) is 32.3 Å². The average Bonchev–Trinajstić information content (AvgIpc) is 3.50. The van der Waals surface area contributed by atoms with Gasteiger partial charge in [0.25, 0.3) is 11.8 Å². The van der Waals surface area contributed by atoms with Crippen LogP contribution in [0.4, 0.5) is 5.00 Å². The molecule has 1 aliphatic carbocycles. The minimum absolute atomic E-state index is 0.102. The van der Waals surface area contributed by atoms with Gasteiger partial charge in [0, 0.05) is 16.5 Å². The van der Waals surface area contributed by atoms with E-state index in [0.29, 0.717) is 33.5 Å². The number of fused-ring (bicyclic) bond motifs is 2. The van der Waals surface area contributed by atoms with Crippen molar-refractivity contribution in [3.8, 4) is 22.8 Å². The molecule has 2 aliphatic rings. The van der Waals surface area contributed by atoms with Crippen LogP contribution in [-0.2, 0) is 29.0 Å². The molecule has 0 spiro atoms. The fraction of sp³-hybridized carbons (Fsp3) is 0.318. The highest BCUT2D eigenvalue weighted by Gasteiger charge is 2.25. The number of rotatable bonds is 7. The van der Waals surface area contributed by atoms with Crippen LogP contribution >= 0.6 is 11.3 Å². The monoisotopic (exact) mass is 455 g/mol. The second-order valence-electron chi connectivity index (χ2n) is 7.57. The summed E-state index contributed by atoms with van der Waals surface area (Å²) in [4.78, 5) is 25.4. The first-order chi connectivity index (χ1) is 15.6. The summed E-state index contributed by atoms with van der Waals surface area (Å²) in [7, 11) is 0. The number of primary amides is 1. The van der Waals surface area contributed by atoms with Crippen molar-refractivity contribution in [2.24, 2.45) is 5.73 Å². The summed E-state index contributed by atoms with van der Waals surface area (Å²) in [5.74, 6) is 1.03. The van der Waals surface area contributed by atoms with Crippen LogP contribution in [0, 0.1) is 0 Å². The number of thiophene rings is 1. The second kappa shape index (κ2) is 8.64. The van der Waals surface area contributed by atoms with E-state index in [9.17, 15) is 9.59 Å². The number of nitrogens with one attached hydrogen (secondary N) is 1. The van der Waals surface area contributed by atoms with Gasteiger partial charge in [-0.05, 0) is 49.4 Å². The van der Waals surface area contributed by atoms with E-state index < -0.39 is 5.91 Å². The summed E-state index contributed by atoms with van der Waals surface area (Å²) < 4.78 is 21.5. The smallest absolute Gasteiger partial charge is 0.251 e. The largest absolute Gasteiger partial charge is 0.454 e. The molecule has 1 aromatic carbocycles. The second-order valence-corrected chi connectivity index (χ2v) is 8.68. The first-order valence-corrected chi connectivity index (χ1v) is 11.1. The molecule has 3 N–H and O–H groups in total. The molecule has 3 heterocycles. The van der Waals surface area contributed by atoms with E-state index in [4.69, 9.17) is 24.5 Å². The maximum Gasteiger partial charge on any atom is 0.251 e. The molecule has 0 unspecified atom stereocenters. The number of carbonyl (C=O) groups excluding carboxylic acids is 2. The maximum absolute atomic E-state index is 12.4. The van der Waals surface area contributed by atoms with Gasteiger partial charge in [-0.3, -0.25) is 9.59 Å². The summed E-state index contributed by atoms with van der Waals surface area (Å²) >= 11 is 1.42. The molecule has 5 rings (SSSR count). The molecule has 2 amide bonds. The molecule has 2 aromatic heterocycles. The minimum Gasteiger partial charge on any atom is -0.454 e. The molecular weight excluding hydrogens is 434 g/mol. The Morgan fingerprint density at radius 1 is 1.16 bits per heavy atom. The lowest BCUT2D eigenvalue weighted by atomic mass is 9.95. The Balaban J connectivity index is 1.18. The fourth-order valence-electron chi connectivity index (χ4n) is 3.89. The van der Waals surface area contributed by atoms with Crippen LogP contribution in [0.25, 0.3) is 11.3 Å². The molecule has 0 saturated heterocycles. The predicted molar refractivity (Wildman–Crippen MR) is 116 cm³/mol. The fourth-order valence-corrected chi connectivity index (χ4v) is 5.20. The molecule has 0 radical (unpaired) electrons. The van der Waals surface area contributed by atoms with Crippen LogP contribution in [-0.4, -0.2) is 30.4 Å². The van der Waals surface area contributed by atoms with Crippen molar-refractivity contribution in [3.05, 3.63) is 46.0 Å². The van der Waals surface area contributed by atoms with E-state index in [-0.39, 0.29) is 25.9 Å². The number of hydrogen-bond donors (Lipinski definition) is 2. The van der Waals surface area contributed by atoms with Crippen molar-refractivity contribution in [2.75, 3.05) is 18.7 Å². The summed E-state index contributed by atoms with van der Waals surface area (Å²) in [6.45, 7) is 0.115. The third kappa shape index (κ3) is 4.06. The zero-order chi connectivity index (χ0) is 22.1. The van der Waals surface area contributed by atoms with Gasteiger partial charge < -0.3 is 29.8 Å². The third-order valence-corrected chi connectivity index (χ3v) is 6.58. The number of aryl methyl sites for hydroxylation is 1. The number of ether oxygens (including phenoxy) is 3. The predicted octanol–water partition coefficient (Wildman–Crippen LogP) is 3.26. The van der Waals surface area contributed by atoms with Crippen molar-refractivity contribution >= 4 is 28.2 Å². The summed E-state index contributed by atoms with van der Waals surface area (Å²) in [6, 6.07) is 7.22. The topological polar surface area (TPSA) is 126 Å². The molecule has 10 heteroatoms. The number of carbonyl (C=O) groups is 2. The van der Waals surface area contributed by atoms with Crippen LogP contribution in [0.2, 0.25) is 0 Å². The van der Waals surface area contributed by atoms with Gasteiger partial charge in [0.2, 0.25) is 6.79 Å². The Kier molecular flexibility index (Phi) is 5.54. The van der Waals surface area contributed by atoms with E-state index >= 15 is 0 Å². The quantitative estimate of drug-likeness (QED) is 0.560. The van der Waals surface area contributed by atoms with Gasteiger partial charge >= 0.3 is 0 Å². The highest BCUT2D eigenvalue weighted by Crippen LogP contribution is 2.38. The van der Waals surface area contributed by atoms with Crippen molar-refractivity contribution in [1.82, 2.24) is 5.16 Å². The molecule has 32 heavy (non-hydrogen) atoms. The van der Waals surface area contributed by atoms with Gasteiger partial charge in [0.1, 0.15) is 17.3 Å². The molecule has 3 aromatic rings. The van der Waals surface area contributed by atoms with Gasteiger partial charge in [-0.25, -0.2) is 0 Å². The van der Waals surface area contributed by atoms with E-state index in [1.165, 1.54) is 11.3 Å². The molecular formula is C22H21N3O6S. The van der Waals surface area contributed by atoms with Crippen LogP contribution in [0.15, 0.2) is 28.8 Å². The summed E-state index contributed by atoms with van der Waals surface area (Å²) in [6.07, 6.45) is 3.82. The number of nitrogens with zero attached hydrogens (tertiary/aromatic N) is 1. The molecule has 166 valence electrons. The molecule has 0 atom stereocenters. The van der Waals surface area contributed by atoms with Crippen LogP contribution in [0.3, 0.4) is 0 Å². The van der Waals surface area contributed by atoms with Crippen LogP contribution < -0.4 is 20.5 Å². The van der Waals surface area contributed by atoms with Crippen molar-refractivity contribution < 1.29 is 28.3 Å². The molecule has 0 bridgehead atoms. The first-order valence-electron chi connectivity index (χ1n) is 10.3. The summed E-state index contributed by atoms with van der Waals surface area (Å²) in [5.41, 5.74) is 8.32. The standard InChI is InChI=1S/C22H21N3O6S/c23-21(27)20-14-3-1-2-4-18(14)32-22(20)24-19(26)10-28-9-13-8-16(31-25-13)12-5-6-15-17(7-12)30-11-29-15/h5-8H,1-4,9-11H2,(H2,23,27)(H,24,26). The Morgan fingerprint density at radius 2 is 2.00 bits per heavy atom. The lowest BCUT2D eigenvalue weighted by Crippen LogP contribution is -2.21. The zero-order valence-corrected chi connectivity index (χ0v) is 18.0. The van der Waals surface area contributed by atoms with E-state index in [0.717, 1.165) is 41.7 Å². The highest BCUT2D eigenvalue weighted by molar-refractivity contribution is 7.17. The lowest BCUT2D eigenvalue weighted by molar-refractivity contribution is -0.121. The van der Waals surface area contributed by atoms with E-state index in [1.807, 2.05) is 18.2 Å². The van der Waals surface area contributed by atoms with Crippen LogP contribution in [0.1, 0.15) is 39.3 Å². The number of hydrogen-bond acceptors (Lipinski definition) is 8. The molecule has 0 saturated carbocycles. The van der Waals surface area contributed by atoms with E-state index in [1.54, 1.807) is 6.07 Å². The van der Waals surface area contributed by atoms with Gasteiger partial charge in [0.15, 0.2) is 17.3 Å². The van der Waals surface area contributed by atoms with Gasteiger partial charge in [-0.15, -0.1) is 11.3 Å². The number of aromatic nitrogens is 1. The molecule has 9 nitrogen and oxygen atoms in total. The van der Waals surface area contributed by atoms with Gasteiger partial charge in [-0.1, -0.05) is 5.16 Å². The highest BCUT2D eigenvalue weighted by atomic mass is 32.1. The number of nitrogens with two attached hydrogens (primary N) is 1. The average molecular weight is 455 g/mol. The third-order valence-electron chi connectivity index (χ3n) is 5.37. The number of amides is 2. The molecule has 0 fully saturated rings. The SMILES string of the molecule is NC(=O)c1c(NC(=O)COCc2cc(-c3ccc4c(c3)OCO4)on2)sc2c1CCCC2. The lowest BCUT2D eigenvalue weighted by Gasteiger charge is -2.11. The Bertz CT molecular complexity index is 1180.